The van der Waals surface area contributed by atoms with Crippen molar-refractivity contribution in [1.82, 2.24) is 0 Å². The summed E-state index contributed by atoms with van der Waals surface area (Å²) in [4.78, 5) is 12.3. The predicted octanol–water partition coefficient (Wildman–Crippen LogP) is 5.65. The lowest BCUT2D eigenvalue weighted by Crippen LogP contribution is -2.22. The van der Waals surface area contributed by atoms with E-state index in [-0.39, 0.29) is 12.5 Å². The number of benzene rings is 2. The van der Waals surface area contributed by atoms with Crippen LogP contribution in [0.25, 0.3) is 0 Å². The Bertz CT molecular complexity index is 789. The van der Waals surface area contributed by atoms with Gasteiger partial charge >= 0.3 is 0 Å². The Hall–Kier alpha value is -2.95. The number of hydrogen-bond acceptors (Lipinski definition) is 4. The van der Waals surface area contributed by atoms with Gasteiger partial charge in [0.15, 0.2) is 0 Å². The van der Waals surface area contributed by atoms with E-state index < -0.39 is 0 Å². The number of rotatable bonds is 13. The molecule has 2 aromatic carbocycles. The van der Waals surface area contributed by atoms with E-state index in [0.29, 0.717) is 19.0 Å². The summed E-state index contributed by atoms with van der Waals surface area (Å²) in [6.45, 7) is 9.21. The molecule has 2 N–H and O–H groups in total. The zero-order chi connectivity index (χ0) is 20.9. The molecule has 0 aliphatic heterocycles. The fourth-order valence-corrected chi connectivity index (χ4v) is 2.70. The summed E-state index contributed by atoms with van der Waals surface area (Å²) >= 11 is 0. The topological polar surface area (TPSA) is 59.6 Å². The molecule has 0 bridgehead atoms. The summed E-state index contributed by atoms with van der Waals surface area (Å²) < 4.78 is 11.5. The van der Waals surface area contributed by atoms with E-state index in [1.807, 2.05) is 55.5 Å². The molecule has 0 unspecified atom stereocenters. The molecular weight excluding hydrogens is 364 g/mol. The Morgan fingerprint density at radius 3 is 2.66 bits per heavy atom. The lowest BCUT2D eigenvalue weighted by atomic mass is 10.2. The maximum Gasteiger partial charge on any atom is 0.243 e. The molecule has 0 aliphatic rings. The van der Waals surface area contributed by atoms with Crippen LogP contribution in [-0.2, 0) is 4.79 Å². The van der Waals surface area contributed by atoms with Gasteiger partial charge in [-0.05, 0) is 43.2 Å². The largest absolute Gasteiger partial charge is 0.494 e. The number of carbonyl (C=O) groups excluding carboxylic acids is 1. The first-order chi connectivity index (χ1) is 14.1. The second-order valence-corrected chi connectivity index (χ2v) is 7.08. The quantitative estimate of drug-likeness (QED) is 0.339. The normalized spacial score (nSPS) is 10.3. The molecule has 2 rings (SSSR count). The minimum Gasteiger partial charge on any atom is -0.494 e. The first-order valence-electron chi connectivity index (χ1n) is 10.2. The number of amides is 1. The number of carbonyl (C=O) groups is 1. The van der Waals surface area contributed by atoms with Gasteiger partial charge in [-0.15, -0.1) is 0 Å². The van der Waals surface area contributed by atoms with Crippen LogP contribution in [0, 0.1) is 0 Å². The van der Waals surface area contributed by atoms with Crippen LogP contribution < -0.4 is 20.1 Å². The molecule has 0 fully saturated rings. The fourth-order valence-electron chi connectivity index (χ4n) is 2.70. The molecule has 0 radical (unpaired) electrons. The minimum atomic E-state index is -0.139. The van der Waals surface area contributed by atoms with Crippen molar-refractivity contribution < 1.29 is 14.3 Å². The Morgan fingerprint density at radius 1 is 1.03 bits per heavy atom. The second-order valence-electron chi connectivity index (χ2n) is 7.08. The third kappa shape index (κ3) is 8.73. The molecule has 0 saturated carbocycles. The van der Waals surface area contributed by atoms with Crippen molar-refractivity contribution in [3.8, 4) is 11.5 Å². The number of anilines is 2. The van der Waals surface area contributed by atoms with Crippen LogP contribution in [0.3, 0.4) is 0 Å². The summed E-state index contributed by atoms with van der Waals surface area (Å²) in [5, 5.41) is 6.02. The summed E-state index contributed by atoms with van der Waals surface area (Å²) in [5.41, 5.74) is 2.42. The third-order valence-corrected chi connectivity index (χ3v) is 4.18. The Balaban J connectivity index is 1.82. The van der Waals surface area contributed by atoms with E-state index in [1.54, 1.807) is 0 Å². The number of para-hydroxylation sites is 2. The maximum atomic E-state index is 12.3. The maximum absolute atomic E-state index is 12.3. The smallest absolute Gasteiger partial charge is 0.243 e. The zero-order valence-corrected chi connectivity index (χ0v) is 17.5. The summed E-state index contributed by atoms with van der Waals surface area (Å²) in [5.74, 6) is 1.33. The van der Waals surface area contributed by atoms with Crippen LogP contribution in [-0.4, -0.2) is 25.7 Å². The summed E-state index contributed by atoms with van der Waals surface area (Å²) in [7, 11) is 0. The molecule has 156 valence electrons. The first kappa shape index (κ1) is 22.3. The first-order valence-corrected chi connectivity index (χ1v) is 10.2. The van der Waals surface area contributed by atoms with Crippen molar-refractivity contribution in [3.63, 3.8) is 0 Å². The molecule has 5 heteroatoms. The Labute approximate surface area is 174 Å². The monoisotopic (exact) mass is 396 g/mol. The lowest BCUT2D eigenvalue weighted by molar-refractivity contribution is -0.114. The van der Waals surface area contributed by atoms with E-state index >= 15 is 0 Å². The molecule has 5 nitrogen and oxygen atoms in total. The van der Waals surface area contributed by atoms with Gasteiger partial charge in [-0.3, -0.25) is 4.79 Å². The van der Waals surface area contributed by atoms with Gasteiger partial charge in [-0.25, -0.2) is 0 Å². The second kappa shape index (κ2) is 12.5. The molecule has 0 heterocycles. The van der Waals surface area contributed by atoms with Crippen molar-refractivity contribution in [1.29, 1.82) is 0 Å². The van der Waals surface area contributed by atoms with Crippen molar-refractivity contribution in [3.05, 3.63) is 60.7 Å². The van der Waals surface area contributed by atoms with Gasteiger partial charge in [0.2, 0.25) is 5.91 Å². The molecule has 0 atom stereocenters. The number of hydrogen-bond donors (Lipinski definition) is 2. The molecule has 0 spiro atoms. The molecule has 0 aromatic heterocycles. The third-order valence-electron chi connectivity index (χ3n) is 4.18. The summed E-state index contributed by atoms with van der Waals surface area (Å²) in [6.07, 6.45) is 4.66. The van der Waals surface area contributed by atoms with E-state index in [9.17, 15) is 4.79 Å². The van der Waals surface area contributed by atoms with Gasteiger partial charge in [0.1, 0.15) is 18.1 Å². The lowest BCUT2D eigenvalue weighted by Gasteiger charge is -2.13. The van der Waals surface area contributed by atoms with Crippen molar-refractivity contribution in [2.75, 3.05) is 30.4 Å². The fraction of sp³-hybridized carbons (Fsp3) is 0.375. The van der Waals surface area contributed by atoms with Gasteiger partial charge in [0.25, 0.3) is 0 Å². The van der Waals surface area contributed by atoms with Crippen LogP contribution in [0.2, 0.25) is 0 Å². The van der Waals surface area contributed by atoms with Crippen LogP contribution >= 0.6 is 0 Å². The molecule has 29 heavy (non-hydrogen) atoms. The molecule has 0 aliphatic carbocycles. The van der Waals surface area contributed by atoms with Crippen LogP contribution in [0.4, 0.5) is 11.4 Å². The van der Waals surface area contributed by atoms with Crippen LogP contribution in [0.15, 0.2) is 60.7 Å². The molecule has 2 aromatic rings. The Kier molecular flexibility index (Phi) is 9.63. The van der Waals surface area contributed by atoms with Gasteiger partial charge in [0.05, 0.1) is 18.8 Å². The van der Waals surface area contributed by atoms with E-state index in [4.69, 9.17) is 9.47 Å². The van der Waals surface area contributed by atoms with Crippen molar-refractivity contribution in [2.24, 2.45) is 0 Å². The number of unbranched alkanes of at least 4 members (excludes halogenated alkanes) is 3. The van der Waals surface area contributed by atoms with Crippen LogP contribution in [0.5, 0.6) is 11.5 Å². The highest BCUT2D eigenvalue weighted by atomic mass is 16.5. The minimum absolute atomic E-state index is 0.134. The summed E-state index contributed by atoms with van der Waals surface area (Å²) in [6, 6.07) is 15.0. The zero-order valence-electron chi connectivity index (χ0n) is 17.5. The Morgan fingerprint density at radius 2 is 1.86 bits per heavy atom. The standard InChI is InChI=1S/C24H32N2O3/c1-4-5-6-9-15-28-21-12-10-11-20(16-21)26-24(27)17-25-22-13-7-8-14-23(22)29-18-19(2)3/h7-8,10-14,16,25H,2,4-6,9,15,17-18H2,1,3H3,(H,26,27). The van der Waals surface area contributed by atoms with E-state index in [1.165, 1.54) is 19.3 Å². The highest BCUT2D eigenvalue weighted by molar-refractivity contribution is 5.94. The number of nitrogens with one attached hydrogen (secondary N) is 2. The predicted molar refractivity (Wildman–Crippen MR) is 120 cm³/mol. The highest BCUT2D eigenvalue weighted by Crippen LogP contribution is 2.24. The van der Waals surface area contributed by atoms with E-state index in [0.717, 1.165) is 29.1 Å². The average molecular weight is 397 g/mol. The SMILES string of the molecule is C=C(C)COc1ccccc1NCC(=O)Nc1cccc(OCCCCCC)c1. The van der Waals surface area contributed by atoms with Crippen molar-refractivity contribution in [2.45, 2.75) is 39.5 Å². The molecule has 1 amide bonds. The van der Waals surface area contributed by atoms with Gasteiger partial charge in [-0.2, -0.15) is 0 Å². The van der Waals surface area contributed by atoms with E-state index in [2.05, 4.69) is 24.1 Å². The molecular formula is C24H32N2O3. The van der Waals surface area contributed by atoms with Gasteiger partial charge in [0, 0.05) is 11.8 Å². The van der Waals surface area contributed by atoms with Gasteiger partial charge in [-0.1, -0.05) is 51.0 Å². The van der Waals surface area contributed by atoms with Crippen LogP contribution in [0.1, 0.15) is 39.5 Å². The molecule has 0 saturated heterocycles. The average Bonchev–Trinajstić information content (AvgIpc) is 2.71. The number of ether oxygens (including phenoxy) is 2. The highest BCUT2D eigenvalue weighted by Gasteiger charge is 2.07. The van der Waals surface area contributed by atoms with Gasteiger partial charge < -0.3 is 20.1 Å². The van der Waals surface area contributed by atoms with Crippen molar-refractivity contribution >= 4 is 17.3 Å².